The van der Waals surface area contributed by atoms with Gasteiger partial charge in [0, 0.05) is 25.2 Å². The fraction of sp³-hybridized carbons (Fsp3) is 0.176. The molecule has 0 spiro atoms. The second-order valence-corrected chi connectivity index (χ2v) is 4.75. The van der Waals surface area contributed by atoms with Crippen LogP contribution in [0.25, 0.3) is 5.76 Å². The van der Waals surface area contributed by atoms with Gasteiger partial charge in [0.15, 0.2) is 5.75 Å². The van der Waals surface area contributed by atoms with Crippen LogP contribution in [0, 0.1) is 0 Å². The minimum Gasteiger partial charge on any atom is -0.497 e. The van der Waals surface area contributed by atoms with E-state index >= 15 is 0 Å². The number of anilines is 1. The number of rotatable bonds is 2. The SMILES string of the molecule is COc1ccc2c(c1)OC(c1ccccc1)=CCN2C. The molecule has 0 atom stereocenters. The molecule has 0 aromatic heterocycles. The zero-order valence-corrected chi connectivity index (χ0v) is 11.7. The number of ether oxygens (including phenoxy) is 2. The Morgan fingerprint density at radius 2 is 1.90 bits per heavy atom. The first-order valence-electron chi connectivity index (χ1n) is 6.60. The molecule has 0 radical (unpaired) electrons. The smallest absolute Gasteiger partial charge is 0.154 e. The van der Waals surface area contributed by atoms with Crippen LogP contribution >= 0.6 is 0 Å². The molecule has 0 saturated heterocycles. The molecule has 1 aliphatic heterocycles. The van der Waals surface area contributed by atoms with E-state index in [9.17, 15) is 0 Å². The van der Waals surface area contributed by atoms with Gasteiger partial charge in [-0.3, -0.25) is 0 Å². The zero-order valence-electron chi connectivity index (χ0n) is 11.7. The van der Waals surface area contributed by atoms with E-state index in [-0.39, 0.29) is 0 Å². The quantitative estimate of drug-likeness (QED) is 0.830. The van der Waals surface area contributed by atoms with Crippen LogP contribution in [0.3, 0.4) is 0 Å². The molecule has 0 amide bonds. The minimum atomic E-state index is 0.798. The van der Waals surface area contributed by atoms with Crippen molar-refractivity contribution < 1.29 is 9.47 Å². The van der Waals surface area contributed by atoms with Gasteiger partial charge in [-0.15, -0.1) is 0 Å². The van der Waals surface area contributed by atoms with Crippen LogP contribution in [-0.4, -0.2) is 20.7 Å². The first-order chi connectivity index (χ1) is 9.78. The molecule has 3 nitrogen and oxygen atoms in total. The van der Waals surface area contributed by atoms with Crippen molar-refractivity contribution in [3.63, 3.8) is 0 Å². The number of nitrogens with zero attached hydrogens (tertiary/aromatic N) is 1. The van der Waals surface area contributed by atoms with Crippen LogP contribution in [0.15, 0.2) is 54.6 Å². The molecule has 1 heterocycles. The largest absolute Gasteiger partial charge is 0.497 e. The lowest BCUT2D eigenvalue weighted by atomic mass is 10.2. The van der Waals surface area contributed by atoms with Crippen molar-refractivity contribution in [2.24, 2.45) is 0 Å². The molecule has 2 aromatic rings. The van der Waals surface area contributed by atoms with E-state index < -0.39 is 0 Å². The summed E-state index contributed by atoms with van der Waals surface area (Å²) in [6.07, 6.45) is 2.10. The van der Waals surface area contributed by atoms with Gasteiger partial charge < -0.3 is 14.4 Å². The van der Waals surface area contributed by atoms with E-state index in [2.05, 4.69) is 30.2 Å². The molecule has 0 unspecified atom stereocenters. The summed E-state index contributed by atoms with van der Waals surface area (Å²) in [4.78, 5) is 2.16. The first kappa shape index (κ1) is 12.6. The number of likely N-dealkylation sites (N-methyl/N-ethyl adjacent to an activating group) is 1. The summed E-state index contributed by atoms with van der Waals surface area (Å²) in [5.41, 5.74) is 2.14. The number of benzene rings is 2. The van der Waals surface area contributed by atoms with Gasteiger partial charge in [-0.25, -0.2) is 0 Å². The van der Waals surface area contributed by atoms with Crippen LogP contribution < -0.4 is 14.4 Å². The van der Waals surface area contributed by atoms with Crippen LogP contribution in [-0.2, 0) is 0 Å². The highest BCUT2D eigenvalue weighted by Gasteiger charge is 2.16. The Kier molecular flexibility index (Phi) is 3.33. The normalized spacial score (nSPS) is 13.9. The highest BCUT2D eigenvalue weighted by atomic mass is 16.5. The third-order valence-electron chi connectivity index (χ3n) is 3.41. The summed E-state index contributed by atoms with van der Waals surface area (Å²) in [6.45, 7) is 0.809. The van der Waals surface area contributed by atoms with Crippen LogP contribution in [0.5, 0.6) is 11.5 Å². The lowest BCUT2D eigenvalue weighted by Crippen LogP contribution is -2.15. The van der Waals surface area contributed by atoms with Crippen LogP contribution in [0.1, 0.15) is 5.56 Å². The Bertz CT molecular complexity index is 635. The standard InChI is InChI=1S/C17H17NO2/c1-18-11-10-16(13-6-4-3-5-7-13)20-17-12-14(19-2)8-9-15(17)18/h3-10,12H,11H2,1-2H3. The average Bonchev–Trinajstić information content (AvgIpc) is 2.67. The molecule has 2 aromatic carbocycles. The number of hydrogen-bond acceptors (Lipinski definition) is 3. The summed E-state index contributed by atoms with van der Waals surface area (Å²) >= 11 is 0. The molecule has 3 rings (SSSR count). The topological polar surface area (TPSA) is 21.7 Å². The van der Waals surface area contributed by atoms with E-state index in [4.69, 9.17) is 9.47 Å². The second kappa shape index (κ2) is 5.29. The molecule has 0 N–H and O–H groups in total. The monoisotopic (exact) mass is 267 g/mol. The van der Waals surface area contributed by atoms with Crippen molar-refractivity contribution in [1.29, 1.82) is 0 Å². The molecule has 1 aliphatic rings. The summed E-state index contributed by atoms with van der Waals surface area (Å²) in [7, 11) is 3.72. The van der Waals surface area contributed by atoms with Gasteiger partial charge in [-0.1, -0.05) is 30.3 Å². The van der Waals surface area contributed by atoms with Crippen molar-refractivity contribution in [3.8, 4) is 11.5 Å². The molecular weight excluding hydrogens is 250 g/mol. The van der Waals surface area contributed by atoms with Gasteiger partial charge in [0.05, 0.1) is 12.8 Å². The number of methoxy groups -OCH3 is 1. The number of fused-ring (bicyclic) bond motifs is 1. The van der Waals surface area contributed by atoms with Crippen LogP contribution in [0.2, 0.25) is 0 Å². The minimum absolute atomic E-state index is 0.798. The van der Waals surface area contributed by atoms with Crippen molar-refractivity contribution in [1.82, 2.24) is 0 Å². The predicted molar refractivity (Wildman–Crippen MR) is 81.3 cm³/mol. The zero-order chi connectivity index (χ0) is 13.9. The molecule has 0 aliphatic carbocycles. The summed E-state index contributed by atoms with van der Waals surface area (Å²) in [5.74, 6) is 2.50. The highest BCUT2D eigenvalue weighted by Crippen LogP contribution is 2.36. The second-order valence-electron chi connectivity index (χ2n) is 4.75. The van der Waals surface area contributed by atoms with E-state index in [1.807, 2.05) is 36.4 Å². The van der Waals surface area contributed by atoms with Crippen molar-refractivity contribution in [2.45, 2.75) is 0 Å². The Balaban J connectivity index is 2.01. The lowest BCUT2D eigenvalue weighted by Gasteiger charge is -2.18. The van der Waals surface area contributed by atoms with Gasteiger partial charge in [-0.2, -0.15) is 0 Å². The fourth-order valence-electron chi connectivity index (χ4n) is 2.28. The Morgan fingerprint density at radius 1 is 1.10 bits per heavy atom. The molecule has 102 valence electrons. The van der Waals surface area contributed by atoms with E-state index in [1.165, 1.54) is 0 Å². The molecule has 20 heavy (non-hydrogen) atoms. The van der Waals surface area contributed by atoms with Gasteiger partial charge in [0.25, 0.3) is 0 Å². The molecule has 0 saturated carbocycles. The van der Waals surface area contributed by atoms with Crippen molar-refractivity contribution >= 4 is 11.4 Å². The van der Waals surface area contributed by atoms with Gasteiger partial charge >= 0.3 is 0 Å². The lowest BCUT2D eigenvalue weighted by molar-refractivity contribution is 0.411. The van der Waals surface area contributed by atoms with E-state index in [0.717, 1.165) is 35.1 Å². The Hall–Kier alpha value is -2.42. The Labute approximate surface area is 119 Å². The maximum absolute atomic E-state index is 6.10. The third kappa shape index (κ3) is 2.35. The molecule has 0 fully saturated rings. The molecular formula is C17H17NO2. The predicted octanol–water partition coefficient (Wildman–Crippen LogP) is 3.56. The maximum atomic E-state index is 6.10. The van der Waals surface area contributed by atoms with E-state index in [0.29, 0.717) is 0 Å². The van der Waals surface area contributed by atoms with Crippen molar-refractivity contribution in [3.05, 3.63) is 60.2 Å². The third-order valence-corrected chi connectivity index (χ3v) is 3.41. The fourth-order valence-corrected chi connectivity index (χ4v) is 2.28. The highest BCUT2D eigenvalue weighted by molar-refractivity contribution is 5.70. The van der Waals surface area contributed by atoms with Crippen molar-refractivity contribution in [2.75, 3.05) is 25.6 Å². The summed E-state index contributed by atoms with van der Waals surface area (Å²) in [5, 5.41) is 0. The van der Waals surface area contributed by atoms with Crippen LogP contribution in [0.4, 0.5) is 5.69 Å². The summed E-state index contributed by atoms with van der Waals surface area (Å²) < 4.78 is 11.4. The molecule has 3 heteroatoms. The number of hydrogen-bond donors (Lipinski definition) is 0. The van der Waals surface area contributed by atoms with E-state index in [1.54, 1.807) is 7.11 Å². The van der Waals surface area contributed by atoms with Gasteiger partial charge in [-0.05, 0) is 18.2 Å². The van der Waals surface area contributed by atoms with Gasteiger partial charge in [0.2, 0.25) is 0 Å². The van der Waals surface area contributed by atoms with Gasteiger partial charge in [0.1, 0.15) is 11.5 Å². The maximum Gasteiger partial charge on any atom is 0.154 e. The average molecular weight is 267 g/mol. The Morgan fingerprint density at radius 3 is 2.65 bits per heavy atom. The molecule has 0 bridgehead atoms. The first-order valence-corrected chi connectivity index (χ1v) is 6.60. The summed E-state index contributed by atoms with van der Waals surface area (Å²) in [6, 6.07) is 16.0.